The van der Waals surface area contributed by atoms with Crippen LogP contribution in [0.15, 0.2) is 52.9 Å². The molecule has 0 bridgehead atoms. The molecule has 0 aromatic heterocycles. The van der Waals surface area contributed by atoms with E-state index in [1.54, 1.807) is 25.1 Å². The average molecular weight is 403 g/mol. The summed E-state index contributed by atoms with van der Waals surface area (Å²) in [6, 6.07) is 12.0. The first-order chi connectivity index (χ1) is 13.3. The number of carbonyl (C=O) groups excluding carboxylic acids is 1. The number of halogens is 2. The minimum atomic E-state index is -2.54. The lowest BCUT2D eigenvalue weighted by Crippen LogP contribution is -2.13. The molecular weight excluding hydrogens is 388 g/mol. The Morgan fingerprint density at radius 2 is 2.00 bits per heavy atom. The predicted molar refractivity (Wildman–Crippen MR) is 103 cm³/mol. The molecule has 9 heteroatoms. The second-order valence-corrected chi connectivity index (χ2v) is 6.59. The fraction of sp³-hybridized carbons (Fsp3) is 0.158. The number of alkyl halides is 2. The van der Waals surface area contributed by atoms with Crippen molar-refractivity contribution < 1.29 is 18.5 Å². The van der Waals surface area contributed by atoms with Gasteiger partial charge in [-0.25, -0.2) is 0 Å². The van der Waals surface area contributed by atoms with E-state index in [0.717, 1.165) is 0 Å². The normalized spacial score (nSPS) is 11.2. The smallest absolute Gasteiger partial charge is 0.288 e. The Hall–Kier alpha value is -3.25. The Bertz CT molecular complexity index is 954. The van der Waals surface area contributed by atoms with Gasteiger partial charge in [0.1, 0.15) is 11.6 Å². The molecule has 0 atom stereocenters. The highest BCUT2D eigenvalue weighted by Crippen LogP contribution is 2.26. The summed E-state index contributed by atoms with van der Waals surface area (Å²) >= 11 is 0.380. The quantitative estimate of drug-likeness (QED) is 0.230. The van der Waals surface area contributed by atoms with Gasteiger partial charge in [-0.3, -0.25) is 14.9 Å². The average Bonchev–Trinajstić information content (AvgIpc) is 2.66. The lowest BCUT2D eigenvalue weighted by Gasteiger charge is -2.06. The molecule has 0 saturated carbocycles. The van der Waals surface area contributed by atoms with Crippen LogP contribution >= 0.6 is 11.8 Å². The third-order valence-electron chi connectivity index (χ3n) is 3.70. The van der Waals surface area contributed by atoms with Gasteiger partial charge in [-0.15, -0.1) is 0 Å². The predicted octanol–water partition coefficient (Wildman–Crippen LogP) is 5.02. The number of nitrogens with one attached hydrogen (secondary N) is 1. The van der Waals surface area contributed by atoms with E-state index in [1.807, 2.05) is 0 Å². The monoisotopic (exact) mass is 403 g/mol. The summed E-state index contributed by atoms with van der Waals surface area (Å²) < 4.78 is 24.6. The van der Waals surface area contributed by atoms with Crippen LogP contribution in [0.3, 0.4) is 0 Å². The number of thioether (sulfide) groups is 1. The highest BCUT2D eigenvalue weighted by atomic mass is 32.2. The Kier molecular flexibility index (Phi) is 7.23. The summed E-state index contributed by atoms with van der Waals surface area (Å²) in [4.78, 5) is 23.3. The fourth-order valence-corrected chi connectivity index (χ4v) is 2.87. The molecule has 0 aliphatic carbocycles. The van der Waals surface area contributed by atoms with Crippen LogP contribution < -0.4 is 5.32 Å². The van der Waals surface area contributed by atoms with Gasteiger partial charge < -0.3 is 5.32 Å². The maximum absolute atomic E-state index is 12.3. The van der Waals surface area contributed by atoms with E-state index in [0.29, 0.717) is 39.9 Å². The van der Waals surface area contributed by atoms with Crippen molar-refractivity contribution in [3.63, 3.8) is 0 Å². The SMILES string of the molecule is CCc1ccc(/C=C(\C#N)C(=O)Nc2ccc(SC(F)F)cc2)cc1[N+](=O)[O-]. The molecule has 1 amide bonds. The number of aryl methyl sites for hydroxylation is 1. The molecule has 0 unspecified atom stereocenters. The Labute approximate surface area is 164 Å². The van der Waals surface area contributed by atoms with Gasteiger partial charge in [-0.05, 0) is 42.3 Å². The van der Waals surface area contributed by atoms with E-state index in [9.17, 15) is 29.0 Å². The first-order valence-electron chi connectivity index (χ1n) is 8.09. The molecule has 144 valence electrons. The number of nitro groups is 1. The molecule has 6 nitrogen and oxygen atoms in total. The number of hydrogen-bond acceptors (Lipinski definition) is 5. The number of carbonyl (C=O) groups is 1. The van der Waals surface area contributed by atoms with Crippen molar-refractivity contribution in [3.05, 3.63) is 69.3 Å². The molecule has 0 fully saturated rings. The van der Waals surface area contributed by atoms with Crippen LogP contribution in [0.1, 0.15) is 18.1 Å². The van der Waals surface area contributed by atoms with Gasteiger partial charge in [0.2, 0.25) is 0 Å². The Morgan fingerprint density at radius 3 is 2.54 bits per heavy atom. The molecule has 28 heavy (non-hydrogen) atoms. The molecule has 1 N–H and O–H groups in total. The fourth-order valence-electron chi connectivity index (χ4n) is 2.37. The van der Waals surface area contributed by atoms with Gasteiger partial charge >= 0.3 is 0 Å². The van der Waals surface area contributed by atoms with Crippen molar-refractivity contribution in [2.24, 2.45) is 0 Å². The van der Waals surface area contributed by atoms with E-state index in [-0.39, 0.29) is 11.3 Å². The Balaban J connectivity index is 2.20. The number of hydrogen-bond donors (Lipinski definition) is 1. The largest absolute Gasteiger partial charge is 0.321 e. The van der Waals surface area contributed by atoms with Crippen LogP contribution in [0.2, 0.25) is 0 Å². The Morgan fingerprint density at radius 1 is 1.32 bits per heavy atom. The topological polar surface area (TPSA) is 96.0 Å². The third kappa shape index (κ3) is 5.62. The van der Waals surface area contributed by atoms with Crippen LogP contribution in [0, 0.1) is 21.4 Å². The highest BCUT2D eigenvalue weighted by Gasteiger charge is 2.15. The number of nitriles is 1. The number of benzene rings is 2. The van der Waals surface area contributed by atoms with Gasteiger partial charge in [0, 0.05) is 22.2 Å². The number of nitrogens with zero attached hydrogens (tertiary/aromatic N) is 2. The first-order valence-corrected chi connectivity index (χ1v) is 8.97. The van der Waals surface area contributed by atoms with Gasteiger partial charge in [-0.1, -0.05) is 30.8 Å². The summed E-state index contributed by atoms with van der Waals surface area (Å²) in [6.45, 7) is 1.79. The number of rotatable bonds is 7. The molecule has 0 saturated heterocycles. The standard InChI is InChI=1S/C19H15F2N3O3S/c1-2-13-4-3-12(10-17(13)24(26)27)9-14(11-22)18(25)23-15-5-7-16(8-6-15)28-19(20)21/h3-10,19H,2H2,1H3,(H,23,25)/b14-9+. The molecular formula is C19H15F2N3O3S. The van der Waals surface area contributed by atoms with Crippen LogP contribution in [-0.4, -0.2) is 16.6 Å². The van der Waals surface area contributed by atoms with Gasteiger partial charge in [0.15, 0.2) is 0 Å². The van der Waals surface area contributed by atoms with Crippen molar-refractivity contribution in [2.45, 2.75) is 24.0 Å². The van der Waals surface area contributed by atoms with E-state index in [1.165, 1.54) is 36.4 Å². The lowest BCUT2D eigenvalue weighted by atomic mass is 10.0. The summed E-state index contributed by atoms with van der Waals surface area (Å²) in [7, 11) is 0. The molecule has 2 aromatic carbocycles. The van der Waals surface area contributed by atoms with Crippen molar-refractivity contribution in [1.82, 2.24) is 0 Å². The van der Waals surface area contributed by atoms with E-state index >= 15 is 0 Å². The lowest BCUT2D eigenvalue weighted by molar-refractivity contribution is -0.385. The minimum absolute atomic E-state index is 0.0823. The molecule has 0 radical (unpaired) electrons. The highest BCUT2D eigenvalue weighted by molar-refractivity contribution is 7.99. The van der Waals surface area contributed by atoms with E-state index in [4.69, 9.17) is 0 Å². The van der Waals surface area contributed by atoms with Crippen LogP contribution in [0.4, 0.5) is 20.2 Å². The molecule has 2 rings (SSSR count). The summed E-state index contributed by atoms with van der Waals surface area (Å²) in [5.41, 5.74) is 0.897. The number of anilines is 1. The van der Waals surface area contributed by atoms with Gasteiger partial charge in [-0.2, -0.15) is 14.0 Å². The molecule has 0 heterocycles. The van der Waals surface area contributed by atoms with E-state index < -0.39 is 16.6 Å². The van der Waals surface area contributed by atoms with Crippen LogP contribution in [-0.2, 0) is 11.2 Å². The third-order valence-corrected chi connectivity index (χ3v) is 4.42. The first kappa shape index (κ1) is 21.1. The zero-order chi connectivity index (χ0) is 20.7. The summed E-state index contributed by atoms with van der Waals surface area (Å²) in [5, 5.41) is 22.9. The molecule has 0 aliphatic rings. The second kappa shape index (κ2) is 9.62. The maximum Gasteiger partial charge on any atom is 0.288 e. The van der Waals surface area contributed by atoms with Crippen LogP contribution in [0.25, 0.3) is 6.08 Å². The van der Waals surface area contributed by atoms with Crippen molar-refractivity contribution in [3.8, 4) is 6.07 Å². The van der Waals surface area contributed by atoms with Crippen molar-refractivity contribution in [1.29, 1.82) is 5.26 Å². The zero-order valence-electron chi connectivity index (χ0n) is 14.7. The van der Waals surface area contributed by atoms with Crippen molar-refractivity contribution >= 4 is 35.1 Å². The summed E-state index contributed by atoms with van der Waals surface area (Å²) in [6.07, 6.45) is 1.73. The number of nitro benzene ring substituents is 1. The zero-order valence-corrected chi connectivity index (χ0v) is 15.5. The summed E-state index contributed by atoms with van der Waals surface area (Å²) in [5.74, 6) is -3.25. The van der Waals surface area contributed by atoms with Gasteiger partial charge in [0.25, 0.3) is 17.4 Å². The van der Waals surface area contributed by atoms with Crippen molar-refractivity contribution in [2.75, 3.05) is 5.32 Å². The maximum atomic E-state index is 12.3. The van der Waals surface area contributed by atoms with Crippen LogP contribution in [0.5, 0.6) is 0 Å². The second-order valence-electron chi connectivity index (χ2n) is 5.53. The molecule has 0 aliphatic heterocycles. The number of amides is 1. The minimum Gasteiger partial charge on any atom is -0.321 e. The van der Waals surface area contributed by atoms with E-state index in [2.05, 4.69) is 5.32 Å². The molecule has 0 spiro atoms. The molecule has 2 aromatic rings. The van der Waals surface area contributed by atoms with Gasteiger partial charge in [0.05, 0.1) is 4.92 Å².